The fourth-order valence-corrected chi connectivity index (χ4v) is 4.96. The van der Waals surface area contributed by atoms with Crippen molar-refractivity contribution >= 4 is 38.9 Å². The van der Waals surface area contributed by atoms with Crippen LogP contribution in [0.1, 0.15) is 33.6 Å². The number of carbonyl (C=O) groups is 1. The number of hydrogen-bond acceptors (Lipinski definition) is 3. The fraction of sp³-hybridized carbons (Fsp3) is 0.286. The molecule has 0 bridgehead atoms. The highest BCUT2D eigenvalue weighted by molar-refractivity contribution is 7.21. The highest BCUT2D eigenvalue weighted by atomic mass is 35.5. The van der Waals surface area contributed by atoms with Crippen molar-refractivity contribution in [3.05, 3.63) is 69.3 Å². The van der Waals surface area contributed by atoms with Crippen molar-refractivity contribution in [3.8, 4) is 0 Å². The molecule has 1 saturated heterocycles. The lowest BCUT2D eigenvalue weighted by atomic mass is 10.1. The van der Waals surface area contributed by atoms with Crippen molar-refractivity contribution in [2.24, 2.45) is 0 Å². The molecule has 1 aliphatic rings. The number of halogens is 2. The SMILES string of the molecule is O=C(NCc1ccccc1CN1CCCC1)c1sc2cc(F)ccc2c1Cl. The Morgan fingerprint density at radius 3 is 2.67 bits per heavy atom. The van der Waals surface area contributed by atoms with Gasteiger partial charge in [0.1, 0.15) is 10.7 Å². The Labute approximate surface area is 166 Å². The lowest BCUT2D eigenvalue weighted by Gasteiger charge is -2.17. The van der Waals surface area contributed by atoms with E-state index in [1.165, 1.54) is 41.9 Å². The van der Waals surface area contributed by atoms with Gasteiger partial charge in [0.05, 0.1) is 5.02 Å². The van der Waals surface area contributed by atoms with Crippen molar-refractivity contribution in [2.75, 3.05) is 13.1 Å². The number of benzene rings is 2. The molecule has 0 aliphatic carbocycles. The van der Waals surface area contributed by atoms with Crippen LogP contribution in [0.4, 0.5) is 4.39 Å². The van der Waals surface area contributed by atoms with Crippen LogP contribution in [0.25, 0.3) is 10.1 Å². The Balaban J connectivity index is 1.49. The number of carbonyl (C=O) groups excluding carboxylic acids is 1. The minimum atomic E-state index is -0.330. The third-order valence-electron chi connectivity index (χ3n) is 4.95. The van der Waals surface area contributed by atoms with Gasteiger partial charge in [0.15, 0.2) is 0 Å². The van der Waals surface area contributed by atoms with E-state index in [2.05, 4.69) is 16.3 Å². The Kier molecular flexibility index (Phi) is 5.43. The number of likely N-dealkylation sites (tertiary alicyclic amines) is 1. The van der Waals surface area contributed by atoms with E-state index < -0.39 is 0 Å². The van der Waals surface area contributed by atoms with Crippen molar-refractivity contribution in [1.29, 1.82) is 0 Å². The number of hydrogen-bond donors (Lipinski definition) is 1. The van der Waals surface area contributed by atoms with Crippen LogP contribution in [0.3, 0.4) is 0 Å². The molecule has 1 aliphatic heterocycles. The normalized spacial score (nSPS) is 14.7. The summed E-state index contributed by atoms with van der Waals surface area (Å²) in [4.78, 5) is 15.5. The van der Waals surface area contributed by atoms with Gasteiger partial charge in [-0.3, -0.25) is 9.69 Å². The number of nitrogens with one attached hydrogen (secondary N) is 1. The summed E-state index contributed by atoms with van der Waals surface area (Å²) in [5.74, 6) is -0.555. The molecular formula is C21H20ClFN2OS. The predicted molar refractivity (Wildman–Crippen MR) is 109 cm³/mol. The fourth-order valence-electron chi connectivity index (χ4n) is 3.51. The summed E-state index contributed by atoms with van der Waals surface area (Å²) in [6.07, 6.45) is 2.51. The Bertz CT molecular complexity index is 981. The third kappa shape index (κ3) is 4.00. The monoisotopic (exact) mass is 402 g/mol. The molecular weight excluding hydrogens is 383 g/mol. The molecule has 2 aromatic carbocycles. The van der Waals surface area contributed by atoms with Crippen molar-refractivity contribution < 1.29 is 9.18 Å². The third-order valence-corrected chi connectivity index (χ3v) is 6.60. The van der Waals surface area contributed by atoms with Crippen LogP contribution in [0.15, 0.2) is 42.5 Å². The van der Waals surface area contributed by atoms with Crippen LogP contribution >= 0.6 is 22.9 Å². The number of nitrogens with zero attached hydrogens (tertiary/aromatic N) is 1. The van der Waals surface area contributed by atoms with Gasteiger partial charge < -0.3 is 5.32 Å². The first-order valence-corrected chi connectivity index (χ1v) is 10.3. The maximum Gasteiger partial charge on any atom is 0.263 e. The number of amides is 1. The molecule has 0 saturated carbocycles. The molecule has 1 aromatic heterocycles. The van der Waals surface area contributed by atoms with E-state index in [0.29, 0.717) is 26.5 Å². The Morgan fingerprint density at radius 2 is 1.89 bits per heavy atom. The molecule has 0 atom stereocenters. The predicted octanol–water partition coefficient (Wildman–Crippen LogP) is 5.22. The number of rotatable bonds is 5. The topological polar surface area (TPSA) is 32.3 Å². The molecule has 3 aromatic rings. The minimum Gasteiger partial charge on any atom is -0.347 e. The zero-order valence-corrected chi connectivity index (χ0v) is 16.4. The second-order valence-corrected chi connectivity index (χ2v) is 8.25. The lowest BCUT2D eigenvalue weighted by Crippen LogP contribution is -2.24. The molecule has 3 nitrogen and oxygen atoms in total. The standard InChI is InChI=1S/C21H20ClFN2OS/c22-19-17-8-7-16(23)11-18(17)27-20(19)21(26)24-12-14-5-1-2-6-15(14)13-25-9-3-4-10-25/h1-2,5-8,11H,3-4,9-10,12-13H2,(H,24,26). The molecule has 27 heavy (non-hydrogen) atoms. The Morgan fingerprint density at radius 1 is 1.15 bits per heavy atom. The van der Waals surface area contributed by atoms with E-state index in [4.69, 9.17) is 11.6 Å². The zero-order chi connectivity index (χ0) is 18.8. The maximum atomic E-state index is 13.4. The quantitative estimate of drug-likeness (QED) is 0.634. The van der Waals surface area contributed by atoms with E-state index in [0.717, 1.165) is 25.2 Å². The first-order valence-electron chi connectivity index (χ1n) is 9.07. The van der Waals surface area contributed by atoms with Crippen molar-refractivity contribution in [3.63, 3.8) is 0 Å². The van der Waals surface area contributed by atoms with Crippen LogP contribution < -0.4 is 5.32 Å². The maximum absolute atomic E-state index is 13.4. The van der Waals surface area contributed by atoms with Gasteiger partial charge in [0.25, 0.3) is 5.91 Å². The highest BCUT2D eigenvalue weighted by Gasteiger charge is 2.18. The average Bonchev–Trinajstić information content (AvgIpc) is 3.28. The van der Waals surface area contributed by atoms with E-state index in [1.54, 1.807) is 6.07 Å². The number of fused-ring (bicyclic) bond motifs is 1. The summed E-state index contributed by atoms with van der Waals surface area (Å²) in [7, 11) is 0. The van der Waals surface area contributed by atoms with Crippen LogP contribution in [0, 0.1) is 5.82 Å². The molecule has 1 fully saturated rings. The molecule has 4 rings (SSSR count). The second kappa shape index (κ2) is 7.97. The first-order chi connectivity index (χ1) is 13.1. The van der Waals surface area contributed by atoms with Crippen LogP contribution in [0.5, 0.6) is 0 Å². The smallest absolute Gasteiger partial charge is 0.263 e. The van der Waals surface area contributed by atoms with Gasteiger partial charge in [0.2, 0.25) is 0 Å². The summed E-state index contributed by atoms with van der Waals surface area (Å²) >= 11 is 7.57. The van der Waals surface area contributed by atoms with Gasteiger partial charge >= 0.3 is 0 Å². The summed E-state index contributed by atoms with van der Waals surface area (Å²) < 4.78 is 14.1. The average molecular weight is 403 g/mol. The van der Waals surface area contributed by atoms with Gasteiger partial charge in [-0.25, -0.2) is 4.39 Å². The van der Waals surface area contributed by atoms with Crippen molar-refractivity contribution in [1.82, 2.24) is 10.2 Å². The van der Waals surface area contributed by atoms with Crippen LogP contribution in [-0.2, 0) is 13.1 Å². The molecule has 0 spiro atoms. The van der Waals surface area contributed by atoms with Crippen LogP contribution in [-0.4, -0.2) is 23.9 Å². The van der Waals surface area contributed by atoms with Crippen molar-refractivity contribution in [2.45, 2.75) is 25.9 Å². The van der Waals surface area contributed by atoms with E-state index in [9.17, 15) is 9.18 Å². The van der Waals surface area contributed by atoms with E-state index in [1.807, 2.05) is 18.2 Å². The largest absolute Gasteiger partial charge is 0.347 e. The summed E-state index contributed by atoms with van der Waals surface area (Å²) in [5.41, 5.74) is 2.35. The molecule has 2 heterocycles. The minimum absolute atomic E-state index is 0.224. The van der Waals surface area contributed by atoms with Gasteiger partial charge in [-0.1, -0.05) is 35.9 Å². The first kappa shape index (κ1) is 18.4. The summed E-state index contributed by atoms with van der Waals surface area (Å²) in [6.45, 7) is 3.63. The molecule has 0 unspecified atom stereocenters. The summed E-state index contributed by atoms with van der Waals surface area (Å²) in [5, 5.41) is 4.07. The Hall–Kier alpha value is -1.95. The van der Waals surface area contributed by atoms with Gasteiger partial charge in [-0.05, 0) is 55.3 Å². The van der Waals surface area contributed by atoms with E-state index >= 15 is 0 Å². The molecule has 140 valence electrons. The number of thiophene rings is 1. The van der Waals surface area contributed by atoms with Gasteiger partial charge in [0, 0.05) is 23.2 Å². The molecule has 0 radical (unpaired) electrons. The lowest BCUT2D eigenvalue weighted by molar-refractivity contribution is 0.0955. The molecule has 1 N–H and O–H groups in total. The van der Waals surface area contributed by atoms with Crippen LogP contribution in [0.2, 0.25) is 5.02 Å². The highest BCUT2D eigenvalue weighted by Crippen LogP contribution is 2.35. The second-order valence-electron chi connectivity index (χ2n) is 6.82. The zero-order valence-electron chi connectivity index (χ0n) is 14.8. The van der Waals surface area contributed by atoms with Gasteiger partial charge in [-0.2, -0.15) is 0 Å². The summed E-state index contributed by atoms with van der Waals surface area (Å²) in [6, 6.07) is 12.6. The van der Waals surface area contributed by atoms with Gasteiger partial charge in [-0.15, -0.1) is 11.3 Å². The van der Waals surface area contributed by atoms with E-state index in [-0.39, 0.29) is 11.7 Å². The molecule has 1 amide bonds. The molecule has 6 heteroatoms.